The smallest absolute Gasteiger partial charge is 0.173 e. The number of anilines is 1. The molecule has 26 heavy (non-hydrogen) atoms. The normalized spacial score (nSPS) is 15.0. The van der Waals surface area contributed by atoms with Crippen molar-refractivity contribution < 1.29 is 9.15 Å². The third-order valence-corrected chi connectivity index (χ3v) is 4.82. The number of rotatable bonds is 7. The van der Waals surface area contributed by atoms with Crippen LogP contribution in [-0.4, -0.2) is 54.3 Å². The summed E-state index contributed by atoms with van der Waals surface area (Å²) in [5, 5.41) is 4.07. The van der Waals surface area contributed by atoms with Gasteiger partial charge in [-0.3, -0.25) is 4.90 Å². The van der Waals surface area contributed by atoms with Crippen LogP contribution in [0.3, 0.4) is 0 Å². The molecule has 0 bridgehead atoms. The fourth-order valence-corrected chi connectivity index (χ4v) is 3.32. The quantitative estimate of drug-likeness (QED) is 0.749. The topological polar surface area (TPSA) is 40.9 Å². The van der Waals surface area contributed by atoms with Gasteiger partial charge in [-0.1, -0.05) is 18.2 Å². The summed E-state index contributed by atoms with van der Waals surface area (Å²) in [4.78, 5) is 4.63. The first-order valence-corrected chi connectivity index (χ1v) is 9.58. The van der Waals surface area contributed by atoms with Crippen LogP contribution in [0.25, 0.3) is 0 Å². The van der Waals surface area contributed by atoms with Crippen molar-refractivity contribution in [1.29, 1.82) is 0 Å². The third-order valence-electron chi connectivity index (χ3n) is 4.46. The molecule has 1 aliphatic heterocycles. The second-order valence-electron chi connectivity index (χ2n) is 6.54. The van der Waals surface area contributed by atoms with Gasteiger partial charge in [-0.2, -0.15) is 0 Å². The van der Waals surface area contributed by atoms with Crippen molar-refractivity contribution in [3.8, 4) is 0 Å². The molecule has 1 saturated heterocycles. The number of morpholine rings is 1. The van der Waals surface area contributed by atoms with Crippen molar-refractivity contribution in [2.75, 3.05) is 44.7 Å². The van der Waals surface area contributed by atoms with E-state index in [9.17, 15) is 0 Å². The van der Waals surface area contributed by atoms with Crippen LogP contribution in [0.5, 0.6) is 0 Å². The molecule has 140 valence electrons. The van der Waals surface area contributed by atoms with E-state index >= 15 is 0 Å². The number of nitrogens with one attached hydrogen (secondary N) is 1. The predicted octanol–water partition coefficient (Wildman–Crippen LogP) is 3.51. The standard InChI is InChI=1S/C20H27N3O2S/c1-17-8-9-19(25-17)16-23(11-5-10-22-12-14-24-15-13-22)20(26)21-18-6-3-2-4-7-18/h2-4,6-9H,5,10-16H2,1H3,(H,21,26). The van der Waals surface area contributed by atoms with E-state index in [1.165, 1.54) is 0 Å². The summed E-state index contributed by atoms with van der Waals surface area (Å²) in [7, 11) is 0. The Balaban J connectivity index is 1.57. The highest BCUT2D eigenvalue weighted by atomic mass is 32.1. The van der Waals surface area contributed by atoms with Crippen LogP contribution >= 0.6 is 12.2 Å². The molecule has 3 rings (SSSR count). The molecule has 5 nitrogen and oxygen atoms in total. The minimum absolute atomic E-state index is 0.676. The van der Waals surface area contributed by atoms with Gasteiger partial charge >= 0.3 is 0 Å². The van der Waals surface area contributed by atoms with Crippen LogP contribution in [0.15, 0.2) is 46.9 Å². The van der Waals surface area contributed by atoms with Crippen LogP contribution in [0.1, 0.15) is 17.9 Å². The SMILES string of the molecule is Cc1ccc(CN(CCCN2CCOCC2)C(=S)Nc2ccccc2)o1. The molecule has 0 spiro atoms. The molecule has 0 aliphatic carbocycles. The first-order chi connectivity index (χ1) is 12.7. The number of furan rings is 1. The van der Waals surface area contributed by atoms with Gasteiger partial charge in [-0.05, 0) is 49.8 Å². The number of para-hydroxylation sites is 1. The minimum atomic E-state index is 0.676. The monoisotopic (exact) mass is 373 g/mol. The van der Waals surface area contributed by atoms with Crippen molar-refractivity contribution in [2.24, 2.45) is 0 Å². The van der Waals surface area contributed by atoms with E-state index < -0.39 is 0 Å². The maximum absolute atomic E-state index is 5.75. The number of ether oxygens (including phenoxy) is 1. The number of benzene rings is 1. The molecule has 1 aromatic carbocycles. The second-order valence-corrected chi connectivity index (χ2v) is 6.92. The number of thiocarbonyl (C=S) groups is 1. The summed E-state index contributed by atoms with van der Waals surface area (Å²) in [6.45, 7) is 8.30. The number of nitrogens with zero attached hydrogens (tertiary/aromatic N) is 2. The average Bonchev–Trinajstić information content (AvgIpc) is 3.07. The highest BCUT2D eigenvalue weighted by Gasteiger charge is 2.15. The molecular formula is C20H27N3O2S. The maximum Gasteiger partial charge on any atom is 0.173 e. The second kappa shape index (κ2) is 9.71. The summed E-state index contributed by atoms with van der Waals surface area (Å²) in [5.41, 5.74) is 1.01. The summed E-state index contributed by atoms with van der Waals surface area (Å²) < 4.78 is 11.2. The van der Waals surface area contributed by atoms with Crippen LogP contribution in [-0.2, 0) is 11.3 Å². The fourth-order valence-electron chi connectivity index (χ4n) is 3.04. The van der Waals surface area contributed by atoms with Gasteiger partial charge < -0.3 is 19.4 Å². The van der Waals surface area contributed by atoms with E-state index in [0.29, 0.717) is 6.54 Å². The Morgan fingerprint density at radius 2 is 1.92 bits per heavy atom. The zero-order chi connectivity index (χ0) is 18.2. The minimum Gasteiger partial charge on any atom is -0.464 e. The summed E-state index contributed by atoms with van der Waals surface area (Å²) in [5.74, 6) is 1.86. The van der Waals surface area contributed by atoms with Crippen molar-refractivity contribution in [2.45, 2.75) is 19.9 Å². The molecule has 1 aliphatic rings. The Labute approximate surface area is 160 Å². The Bertz CT molecular complexity index is 683. The molecule has 0 atom stereocenters. The Morgan fingerprint density at radius 1 is 1.15 bits per heavy atom. The number of hydrogen-bond acceptors (Lipinski definition) is 4. The molecule has 2 heterocycles. The van der Waals surface area contributed by atoms with Gasteiger partial charge in [0.15, 0.2) is 5.11 Å². The van der Waals surface area contributed by atoms with Gasteiger partial charge in [-0.25, -0.2) is 0 Å². The summed E-state index contributed by atoms with van der Waals surface area (Å²) in [6.07, 6.45) is 1.05. The first kappa shape index (κ1) is 18.9. The van der Waals surface area contributed by atoms with Gasteiger partial charge in [-0.15, -0.1) is 0 Å². The average molecular weight is 374 g/mol. The number of aryl methyl sites for hydroxylation is 1. The maximum atomic E-state index is 5.75. The summed E-state index contributed by atoms with van der Waals surface area (Å²) >= 11 is 5.67. The van der Waals surface area contributed by atoms with Gasteiger partial charge in [0.2, 0.25) is 0 Å². The van der Waals surface area contributed by atoms with Crippen LogP contribution in [0.2, 0.25) is 0 Å². The molecule has 1 fully saturated rings. The first-order valence-electron chi connectivity index (χ1n) is 9.17. The molecule has 0 amide bonds. The van der Waals surface area contributed by atoms with E-state index in [1.54, 1.807) is 0 Å². The lowest BCUT2D eigenvalue weighted by atomic mass is 10.3. The largest absolute Gasteiger partial charge is 0.464 e. The molecule has 2 aromatic rings. The van der Waals surface area contributed by atoms with Crippen molar-refractivity contribution in [1.82, 2.24) is 9.80 Å². The van der Waals surface area contributed by atoms with E-state index in [-0.39, 0.29) is 0 Å². The molecular weight excluding hydrogens is 346 g/mol. The van der Waals surface area contributed by atoms with Crippen LogP contribution < -0.4 is 5.32 Å². The molecule has 0 radical (unpaired) electrons. The van der Waals surface area contributed by atoms with Gasteiger partial charge in [0, 0.05) is 31.9 Å². The van der Waals surface area contributed by atoms with Crippen molar-refractivity contribution in [3.05, 3.63) is 54.0 Å². The fraction of sp³-hybridized carbons (Fsp3) is 0.450. The predicted molar refractivity (Wildman–Crippen MR) is 108 cm³/mol. The Morgan fingerprint density at radius 3 is 2.62 bits per heavy atom. The number of hydrogen-bond donors (Lipinski definition) is 1. The van der Waals surface area contributed by atoms with E-state index in [2.05, 4.69) is 15.1 Å². The lowest BCUT2D eigenvalue weighted by molar-refractivity contribution is 0.0367. The van der Waals surface area contributed by atoms with E-state index in [1.807, 2.05) is 49.4 Å². The van der Waals surface area contributed by atoms with Crippen molar-refractivity contribution in [3.63, 3.8) is 0 Å². The molecule has 0 saturated carbocycles. The van der Waals surface area contributed by atoms with Gasteiger partial charge in [0.05, 0.1) is 19.8 Å². The van der Waals surface area contributed by atoms with Gasteiger partial charge in [0.1, 0.15) is 11.5 Å². The molecule has 1 N–H and O–H groups in total. The van der Waals surface area contributed by atoms with Crippen LogP contribution in [0.4, 0.5) is 5.69 Å². The van der Waals surface area contributed by atoms with Crippen LogP contribution in [0, 0.1) is 6.92 Å². The molecule has 6 heteroatoms. The Kier molecular flexibility index (Phi) is 7.05. The zero-order valence-corrected chi connectivity index (χ0v) is 16.1. The lowest BCUT2D eigenvalue weighted by Gasteiger charge is -2.29. The van der Waals surface area contributed by atoms with E-state index in [0.717, 1.165) is 68.1 Å². The zero-order valence-electron chi connectivity index (χ0n) is 15.3. The lowest BCUT2D eigenvalue weighted by Crippen LogP contribution is -2.39. The Hall–Kier alpha value is -1.89. The highest BCUT2D eigenvalue weighted by Crippen LogP contribution is 2.13. The molecule has 1 aromatic heterocycles. The highest BCUT2D eigenvalue weighted by molar-refractivity contribution is 7.80. The summed E-state index contributed by atoms with van der Waals surface area (Å²) in [6, 6.07) is 14.1. The van der Waals surface area contributed by atoms with Crippen molar-refractivity contribution >= 4 is 23.0 Å². The van der Waals surface area contributed by atoms with Gasteiger partial charge in [0.25, 0.3) is 0 Å². The molecule has 0 unspecified atom stereocenters. The third kappa shape index (κ3) is 5.83. The van der Waals surface area contributed by atoms with E-state index in [4.69, 9.17) is 21.4 Å².